The molecule has 0 spiro atoms. The summed E-state index contributed by atoms with van der Waals surface area (Å²) in [4.78, 5) is 12.0. The Morgan fingerprint density at radius 3 is 2.83 bits per heavy atom. The van der Waals surface area contributed by atoms with Crippen molar-refractivity contribution >= 4 is 5.91 Å². The van der Waals surface area contributed by atoms with Gasteiger partial charge in [-0.05, 0) is 41.8 Å². The molecule has 0 saturated heterocycles. The second-order valence-electron chi connectivity index (χ2n) is 5.68. The van der Waals surface area contributed by atoms with E-state index in [0.29, 0.717) is 12.1 Å². The number of hydrogen-bond acceptors (Lipinski definition) is 2. The molecule has 1 unspecified atom stereocenters. The first-order chi connectivity index (χ1) is 11.1. The molecule has 1 aliphatic rings. The zero-order chi connectivity index (χ0) is 16.2. The van der Waals surface area contributed by atoms with E-state index in [0.717, 1.165) is 25.1 Å². The van der Waals surface area contributed by atoms with Gasteiger partial charge in [-0.15, -0.1) is 0 Å². The molecule has 2 N–H and O–H groups in total. The van der Waals surface area contributed by atoms with Gasteiger partial charge in [-0.1, -0.05) is 30.3 Å². The molecule has 0 fully saturated rings. The van der Waals surface area contributed by atoms with Crippen molar-refractivity contribution in [3.05, 3.63) is 70.8 Å². The highest BCUT2D eigenvalue weighted by molar-refractivity contribution is 5.78. The highest BCUT2D eigenvalue weighted by Gasteiger charge is 2.19. The van der Waals surface area contributed by atoms with E-state index in [1.165, 1.54) is 17.2 Å². The van der Waals surface area contributed by atoms with E-state index in [1.807, 2.05) is 12.1 Å². The molecule has 2 aromatic rings. The largest absolute Gasteiger partial charge is 0.354 e. The van der Waals surface area contributed by atoms with Crippen LogP contribution >= 0.6 is 0 Å². The zero-order valence-corrected chi connectivity index (χ0v) is 12.6. The van der Waals surface area contributed by atoms with Crippen molar-refractivity contribution < 1.29 is 13.6 Å². The number of rotatable bonds is 4. The topological polar surface area (TPSA) is 41.1 Å². The van der Waals surface area contributed by atoms with Crippen LogP contribution in [0.25, 0.3) is 0 Å². The average Bonchev–Trinajstić information content (AvgIpc) is 2.56. The molecule has 1 atom stereocenters. The van der Waals surface area contributed by atoms with Gasteiger partial charge < -0.3 is 10.6 Å². The van der Waals surface area contributed by atoms with Gasteiger partial charge >= 0.3 is 0 Å². The first kappa shape index (κ1) is 15.6. The van der Waals surface area contributed by atoms with E-state index in [-0.39, 0.29) is 18.4 Å². The van der Waals surface area contributed by atoms with Crippen LogP contribution in [0.3, 0.4) is 0 Å². The Bertz CT molecular complexity index is 718. The molecule has 0 radical (unpaired) electrons. The third-order valence-electron chi connectivity index (χ3n) is 4.07. The lowest BCUT2D eigenvalue weighted by molar-refractivity contribution is -0.120. The Kier molecular flexibility index (Phi) is 4.67. The monoisotopic (exact) mass is 316 g/mol. The fourth-order valence-electron chi connectivity index (χ4n) is 2.89. The lowest BCUT2D eigenvalue weighted by Crippen LogP contribution is -2.39. The van der Waals surface area contributed by atoms with Gasteiger partial charge in [-0.2, -0.15) is 0 Å². The minimum atomic E-state index is -0.932. The van der Waals surface area contributed by atoms with Crippen LogP contribution in [-0.4, -0.2) is 19.0 Å². The molecule has 3 nitrogen and oxygen atoms in total. The Balaban J connectivity index is 1.58. The maximum Gasteiger partial charge on any atom is 0.224 e. The number of carbonyl (C=O) groups excluding carboxylic acids is 1. The molecule has 1 heterocycles. The molecular weight excluding hydrogens is 298 g/mol. The van der Waals surface area contributed by atoms with Crippen LogP contribution in [0.1, 0.15) is 22.7 Å². The van der Waals surface area contributed by atoms with E-state index in [2.05, 4.69) is 22.8 Å². The minimum absolute atomic E-state index is 0.0333. The van der Waals surface area contributed by atoms with Gasteiger partial charge in [0, 0.05) is 12.6 Å². The van der Waals surface area contributed by atoms with Crippen molar-refractivity contribution in [2.45, 2.75) is 18.9 Å². The summed E-state index contributed by atoms with van der Waals surface area (Å²) >= 11 is 0. The van der Waals surface area contributed by atoms with E-state index in [9.17, 15) is 13.6 Å². The lowest BCUT2D eigenvalue weighted by atomic mass is 9.94. The smallest absolute Gasteiger partial charge is 0.224 e. The molecular formula is C18H18F2N2O. The number of fused-ring (bicyclic) bond motifs is 1. The van der Waals surface area contributed by atoms with Gasteiger partial charge in [0.15, 0.2) is 11.6 Å². The summed E-state index contributed by atoms with van der Waals surface area (Å²) in [6.07, 6.45) is 1.01. The van der Waals surface area contributed by atoms with Gasteiger partial charge in [-0.25, -0.2) is 8.78 Å². The third kappa shape index (κ3) is 3.74. The lowest BCUT2D eigenvalue weighted by Gasteiger charge is -2.27. The number of halogens is 2. The maximum atomic E-state index is 13.2. The highest BCUT2D eigenvalue weighted by atomic mass is 19.2. The van der Waals surface area contributed by atoms with Crippen LogP contribution < -0.4 is 10.6 Å². The van der Waals surface area contributed by atoms with Gasteiger partial charge in [0.05, 0.1) is 6.42 Å². The summed E-state index contributed by atoms with van der Waals surface area (Å²) in [6, 6.07) is 11.8. The van der Waals surface area contributed by atoms with Crippen LogP contribution in [-0.2, 0) is 17.6 Å². The van der Waals surface area contributed by atoms with Gasteiger partial charge in [0.2, 0.25) is 5.91 Å². The Morgan fingerprint density at radius 1 is 1.17 bits per heavy atom. The summed E-state index contributed by atoms with van der Waals surface area (Å²) in [5.74, 6) is -2.05. The van der Waals surface area contributed by atoms with E-state index < -0.39 is 11.6 Å². The van der Waals surface area contributed by atoms with Crippen LogP contribution in [0, 0.1) is 11.6 Å². The first-order valence-electron chi connectivity index (χ1n) is 7.65. The number of benzene rings is 2. The predicted molar refractivity (Wildman–Crippen MR) is 84.0 cm³/mol. The Morgan fingerprint density at radius 2 is 2.00 bits per heavy atom. The average molecular weight is 316 g/mol. The standard InChI is InChI=1S/C18H18F2N2O/c19-15-6-5-12(9-16(15)20)10-18(23)22-11-17-14-4-2-1-3-13(14)7-8-21-17/h1-6,9,17,21H,7-8,10-11H2,(H,22,23). The van der Waals surface area contributed by atoms with E-state index in [4.69, 9.17) is 0 Å². The van der Waals surface area contributed by atoms with Crippen LogP contribution in [0.4, 0.5) is 8.78 Å². The van der Waals surface area contributed by atoms with Crippen molar-refractivity contribution in [1.29, 1.82) is 0 Å². The molecule has 0 aliphatic carbocycles. The van der Waals surface area contributed by atoms with E-state index >= 15 is 0 Å². The fraction of sp³-hybridized carbons (Fsp3) is 0.278. The van der Waals surface area contributed by atoms with Gasteiger partial charge in [0.1, 0.15) is 0 Å². The first-order valence-corrected chi connectivity index (χ1v) is 7.65. The van der Waals surface area contributed by atoms with Crippen molar-refractivity contribution in [2.75, 3.05) is 13.1 Å². The molecule has 1 aliphatic heterocycles. The van der Waals surface area contributed by atoms with Crippen molar-refractivity contribution in [3.8, 4) is 0 Å². The molecule has 3 rings (SSSR count). The minimum Gasteiger partial charge on any atom is -0.354 e. The summed E-state index contributed by atoms with van der Waals surface area (Å²) in [5.41, 5.74) is 2.95. The summed E-state index contributed by atoms with van der Waals surface area (Å²) in [5, 5.41) is 6.24. The van der Waals surface area contributed by atoms with Gasteiger partial charge in [0.25, 0.3) is 0 Å². The fourth-order valence-corrected chi connectivity index (χ4v) is 2.89. The number of nitrogens with one attached hydrogen (secondary N) is 2. The number of hydrogen-bond donors (Lipinski definition) is 2. The zero-order valence-electron chi connectivity index (χ0n) is 12.6. The Hall–Kier alpha value is -2.27. The summed E-state index contributed by atoms with van der Waals surface area (Å²) < 4.78 is 26.0. The third-order valence-corrected chi connectivity index (χ3v) is 4.07. The predicted octanol–water partition coefficient (Wildman–Crippen LogP) is 2.51. The van der Waals surface area contributed by atoms with Crippen LogP contribution in [0.2, 0.25) is 0 Å². The Labute approximate surface area is 133 Å². The van der Waals surface area contributed by atoms with E-state index in [1.54, 1.807) is 0 Å². The number of carbonyl (C=O) groups is 1. The van der Waals surface area contributed by atoms with Gasteiger partial charge in [-0.3, -0.25) is 4.79 Å². The SMILES string of the molecule is O=C(Cc1ccc(F)c(F)c1)NCC1NCCc2ccccc21. The molecule has 1 amide bonds. The maximum absolute atomic E-state index is 13.2. The molecule has 0 bridgehead atoms. The highest BCUT2D eigenvalue weighted by Crippen LogP contribution is 2.21. The summed E-state index contributed by atoms with van der Waals surface area (Å²) in [6.45, 7) is 1.35. The quantitative estimate of drug-likeness (QED) is 0.910. The molecule has 120 valence electrons. The second kappa shape index (κ2) is 6.87. The van der Waals surface area contributed by atoms with Crippen molar-refractivity contribution in [2.24, 2.45) is 0 Å². The molecule has 23 heavy (non-hydrogen) atoms. The van der Waals surface area contributed by atoms with Crippen molar-refractivity contribution in [1.82, 2.24) is 10.6 Å². The van der Waals surface area contributed by atoms with Crippen LogP contribution in [0.5, 0.6) is 0 Å². The number of amides is 1. The van der Waals surface area contributed by atoms with Crippen molar-refractivity contribution in [3.63, 3.8) is 0 Å². The molecule has 2 aromatic carbocycles. The normalized spacial score (nSPS) is 16.7. The second-order valence-corrected chi connectivity index (χ2v) is 5.68. The summed E-state index contributed by atoms with van der Waals surface area (Å²) in [7, 11) is 0. The molecule has 0 aromatic heterocycles. The molecule has 5 heteroatoms. The molecule has 0 saturated carbocycles. The van der Waals surface area contributed by atoms with Crippen LogP contribution in [0.15, 0.2) is 42.5 Å².